The zero-order chi connectivity index (χ0) is 19.3. The average Bonchev–Trinajstić information content (AvgIpc) is 3.28. The highest BCUT2D eigenvalue weighted by Crippen LogP contribution is 2.36. The Kier molecular flexibility index (Phi) is 5.78. The van der Waals surface area contributed by atoms with Crippen LogP contribution in [0.4, 0.5) is 0 Å². The van der Waals surface area contributed by atoms with Crippen LogP contribution >= 0.6 is 34.7 Å². The van der Waals surface area contributed by atoms with Gasteiger partial charge in [-0.3, -0.25) is 0 Å². The van der Waals surface area contributed by atoms with Crippen LogP contribution < -0.4 is 0 Å². The van der Waals surface area contributed by atoms with E-state index in [9.17, 15) is 5.26 Å². The van der Waals surface area contributed by atoms with Crippen molar-refractivity contribution >= 4 is 34.7 Å². The van der Waals surface area contributed by atoms with Crippen molar-refractivity contribution in [3.8, 4) is 27.8 Å². The Morgan fingerprint density at radius 2 is 1.79 bits per heavy atom. The molecular formula is C23H15ClN2S2. The highest BCUT2D eigenvalue weighted by Gasteiger charge is 2.16. The third kappa shape index (κ3) is 4.13. The predicted molar refractivity (Wildman–Crippen MR) is 119 cm³/mol. The van der Waals surface area contributed by atoms with Gasteiger partial charge >= 0.3 is 0 Å². The minimum Gasteiger partial charge on any atom is -0.239 e. The van der Waals surface area contributed by atoms with Gasteiger partial charge in [-0.2, -0.15) is 5.26 Å². The number of thiophene rings is 1. The number of nitrogens with zero attached hydrogens (tertiary/aromatic N) is 2. The van der Waals surface area contributed by atoms with Crippen molar-refractivity contribution in [2.24, 2.45) is 0 Å². The monoisotopic (exact) mass is 418 g/mol. The number of pyridine rings is 1. The van der Waals surface area contributed by atoms with Gasteiger partial charge in [0.1, 0.15) is 11.1 Å². The molecule has 0 saturated heterocycles. The lowest BCUT2D eigenvalue weighted by molar-refractivity contribution is 1.12. The first-order valence-electron chi connectivity index (χ1n) is 8.66. The summed E-state index contributed by atoms with van der Waals surface area (Å²) in [6.07, 6.45) is 0. The third-order valence-corrected chi connectivity index (χ3v) is 6.44. The normalized spacial score (nSPS) is 10.6. The number of hydrogen-bond donors (Lipinski definition) is 0. The summed E-state index contributed by atoms with van der Waals surface area (Å²) in [6, 6.07) is 26.2. The molecule has 0 aliphatic carbocycles. The lowest BCUT2D eigenvalue weighted by Gasteiger charge is -2.12. The number of hydrogen-bond acceptors (Lipinski definition) is 4. The number of benzene rings is 2. The van der Waals surface area contributed by atoms with Crippen molar-refractivity contribution in [3.63, 3.8) is 0 Å². The minimum absolute atomic E-state index is 0.601. The Morgan fingerprint density at radius 1 is 1.00 bits per heavy atom. The fraction of sp³-hybridized carbons (Fsp3) is 0.0435. The van der Waals surface area contributed by atoms with E-state index in [1.165, 1.54) is 5.56 Å². The summed E-state index contributed by atoms with van der Waals surface area (Å²) < 4.78 is 0. The molecule has 0 bridgehead atoms. The fourth-order valence-electron chi connectivity index (χ4n) is 2.87. The number of rotatable bonds is 5. The van der Waals surface area contributed by atoms with Gasteiger partial charge < -0.3 is 0 Å². The largest absolute Gasteiger partial charge is 0.239 e. The Hall–Kier alpha value is -2.58. The standard InChI is InChI=1S/C23H15ClN2S2/c24-18-10-8-17(9-11-18)19-13-21(22-7-4-12-27-22)26-23(20(19)14-25)28-15-16-5-2-1-3-6-16/h1-13H,15H2. The van der Waals surface area contributed by atoms with Crippen molar-refractivity contribution in [2.75, 3.05) is 0 Å². The van der Waals surface area contributed by atoms with Gasteiger partial charge in [-0.25, -0.2) is 4.98 Å². The van der Waals surface area contributed by atoms with Gasteiger partial charge in [0.25, 0.3) is 0 Å². The fourth-order valence-corrected chi connectivity index (χ4v) is 4.64. The summed E-state index contributed by atoms with van der Waals surface area (Å²) in [5, 5.41) is 13.4. The molecule has 2 aromatic carbocycles. The Morgan fingerprint density at radius 3 is 2.46 bits per heavy atom. The zero-order valence-corrected chi connectivity index (χ0v) is 17.2. The molecule has 4 rings (SSSR count). The third-order valence-electron chi connectivity index (χ3n) is 4.25. The predicted octanol–water partition coefficient (Wildman–Crippen LogP) is 7.29. The molecule has 0 spiro atoms. The molecule has 0 unspecified atom stereocenters. The van der Waals surface area contributed by atoms with Crippen molar-refractivity contribution < 1.29 is 0 Å². The molecule has 0 amide bonds. The molecule has 0 fully saturated rings. The molecule has 0 atom stereocenters. The van der Waals surface area contributed by atoms with Crippen molar-refractivity contribution in [3.05, 3.63) is 94.3 Å². The van der Waals surface area contributed by atoms with Crippen LogP contribution in [0.1, 0.15) is 11.1 Å². The first-order valence-corrected chi connectivity index (χ1v) is 10.9. The highest BCUT2D eigenvalue weighted by molar-refractivity contribution is 7.98. The van der Waals surface area contributed by atoms with Crippen molar-refractivity contribution in [1.29, 1.82) is 5.26 Å². The molecule has 4 aromatic rings. The molecule has 2 heterocycles. The summed E-state index contributed by atoms with van der Waals surface area (Å²) in [6.45, 7) is 0. The van der Waals surface area contributed by atoms with E-state index in [1.54, 1.807) is 23.1 Å². The van der Waals surface area contributed by atoms with E-state index in [2.05, 4.69) is 24.3 Å². The average molecular weight is 419 g/mol. The van der Waals surface area contributed by atoms with Crippen LogP contribution in [-0.2, 0) is 5.75 Å². The topological polar surface area (TPSA) is 36.7 Å². The molecule has 0 aliphatic rings. The van der Waals surface area contributed by atoms with E-state index in [-0.39, 0.29) is 0 Å². The van der Waals surface area contributed by atoms with Crippen LogP contribution in [0, 0.1) is 11.3 Å². The molecule has 136 valence electrons. The zero-order valence-electron chi connectivity index (χ0n) is 14.8. The SMILES string of the molecule is N#Cc1c(-c2ccc(Cl)cc2)cc(-c2cccs2)nc1SCc1ccccc1. The molecule has 0 aliphatic heterocycles. The van der Waals surface area contributed by atoms with E-state index >= 15 is 0 Å². The van der Waals surface area contributed by atoms with E-state index in [0.29, 0.717) is 10.6 Å². The Labute approximate surface area is 177 Å². The van der Waals surface area contributed by atoms with Gasteiger partial charge in [-0.1, -0.05) is 60.1 Å². The van der Waals surface area contributed by atoms with Crippen LogP contribution in [0.3, 0.4) is 0 Å². The number of thioether (sulfide) groups is 1. The molecule has 0 radical (unpaired) electrons. The van der Waals surface area contributed by atoms with Gasteiger partial charge in [0, 0.05) is 16.3 Å². The van der Waals surface area contributed by atoms with Crippen LogP contribution in [0.15, 0.2) is 83.2 Å². The van der Waals surface area contributed by atoms with Crippen molar-refractivity contribution in [1.82, 2.24) is 4.98 Å². The molecular weight excluding hydrogens is 404 g/mol. The number of halogens is 1. The number of nitriles is 1. The highest BCUT2D eigenvalue weighted by atomic mass is 35.5. The second-order valence-corrected chi connectivity index (χ2v) is 8.45. The van der Waals surface area contributed by atoms with E-state index in [0.717, 1.165) is 32.5 Å². The molecule has 2 aromatic heterocycles. The molecule has 2 nitrogen and oxygen atoms in total. The molecule has 5 heteroatoms. The lowest BCUT2D eigenvalue weighted by Crippen LogP contribution is -1.95. The van der Waals surface area contributed by atoms with Crippen molar-refractivity contribution in [2.45, 2.75) is 10.8 Å². The van der Waals surface area contributed by atoms with E-state index < -0.39 is 0 Å². The minimum atomic E-state index is 0.601. The van der Waals surface area contributed by atoms with Crippen LogP contribution in [-0.4, -0.2) is 4.98 Å². The first-order chi connectivity index (χ1) is 13.7. The summed E-state index contributed by atoms with van der Waals surface area (Å²) in [5.41, 5.74) is 4.53. The summed E-state index contributed by atoms with van der Waals surface area (Å²) >= 11 is 9.29. The first kappa shape index (κ1) is 18.8. The second-order valence-electron chi connectivity index (χ2n) is 6.11. The maximum absolute atomic E-state index is 9.91. The van der Waals surface area contributed by atoms with E-state index in [1.807, 2.05) is 60.0 Å². The van der Waals surface area contributed by atoms with E-state index in [4.69, 9.17) is 16.6 Å². The van der Waals surface area contributed by atoms with Crippen LogP contribution in [0.25, 0.3) is 21.7 Å². The van der Waals surface area contributed by atoms with Gasteiger partial charge in [-0.05, 0) is 40.8 Å². The second kappa shape index (κ2) is 8.62. The quantitative estimate of drug-likeness (QED) is 0.319. The Bertz CT molecular complexity index is 1120. The smallest absolute Gasteiger partial charge is 0.116 e. The van der Waals surface area contributed by atoms with Gasteiger partial charge in [0.05, 0.1) is 16.1 Å². The van der Waals surface area contributed by atoms with Gasteiger partial charge in [-0.15, -0.1) is 23.1 Å². The van der Waals surface area contributed by atoms with Crippen LogP contribution in [0.2, 0.25) is 5.02 Å². The maximum atomic E-state index is 9.91. The molecule has 28 heavy (non-hydrogen) atoms. The van der Waals surface area contributed by atoms with Crippen LogP contribution in [0.5, 0.6) is 0 Å². The van der Waals surface area contributed by atoms with Gasteiger partial charge in [0.2, 0.25) is 0 Å². The molecule has 0 N–H and O–H groups in total. The van der Waals surface area contributed by atoms with Gasteiger partial charge in [0.15, 0.2) is 0 Å². The Balaban J connectivity index is 1.81. The lowest BCUT2D eigenvalue weighted by atomic mass is 10.0. The summed E-state index contributed by atoms with van der Waals surface area (Å²) in [7, 11) is 0. The number of aromatic nitrogens is 1. The summed E-state index contributed by atoms with van der Waals surface area (Å²) in [4.78, 5) is 5.91. The molecule has 0 saturated carbocycles. The maximum Gasteiger partial charge on any atom is 0.116 e. The summed E-state index contributed by atoms with van der Waals surface area (Å²) in [5.74, 6) is 0.760.